The summed E-state index contributed by atoms with van der Waals surface area (Å²) in [5.74, 6) is 1.32. The Labute approximate surface area is 214 Å². The number of pyridine rings is 2. The molecule has 1 unspecified atom stereocenters. The van der Waals surface area contributed by atoms with E-state index in [4.69, 9.17) is 19.2 Å². The molecule has 0 saturated carbocycles. The van der Waals surface area contributed by atoms with Gasteiger partial charge in [-0.05, 0) is 24.1 Å². The highest BCUT2D eigenvalue weighted by molar-refractivity contribution is 5.90. The molecule has 6 rings (SSSR count). The second-order valence-electron chi connectivity index (χ2n) is 10.2. The minimum atomic E-state index is -1.66. The van der Waals surface area contributed by atoms with Gasteiger partial charge in [-0.25, -0.2) is 4.98 Å². The van der Waals surface area contributed by atoms with E-state index in [1.54, 1.807) is 17.6 Å². The van der Waals surface area contributed by atoms with Crippen molar-refractivity contribution in [2.75, 3.05) is 19.9 Å². The van der Waals surface area contributed by atoms with Gasteiger partial charge >= 0.3 is 0 Å². The smallest absolute Gasteiger partial charge is 0.257 e. The van der Waals surface area contributed by atoms with Gasteiger partial charge in [0, 0.05) is 53.8 Å². The van der Waals surface area contributed by atoms with E-state index >= 15 is 0 Å². The number of hydrogen-bond donors (Lipinski definition) is 4. The monoisotopic (exact) mass is 508 g/mol. The molecule has 37 heavy (non-hydrogen) atoms. The molecule has 0 amide bonds. The highest BCUT2D eigenvalue weighted by atomic mass is 16.7. The summed E-state index contributed by atoms with van der Waals surface area (Å²) in [6.07, 6.45) is -1.21. The molecular weight excluding hydrogens is 476 g/mol. The molecule has 10 heteroatoms. The zero-order valence-corrected chi connectivity index (χ0v) is 21.3. The van der Waals surface area contributed by atoms with Gasteiger partial charge in [0.25, 0.3) is 5.56 Å². The van der Waals surface area contributed by atoms with E-state index in [0.29, 0.717) is 53.1 Å². The summed E-state index contributed by atoms with van der Waals surface area (Å²) < 4.78 is 18.3. The lowest BCUT2D eigenvalue weighted by atomic mass is 9.85. The molecule has 3 aliphatic heterocycles. The van der Waals surface area contributed by atoms with Gasteiger partial charge in [-0.2, -0.15) is 0 Å². The second-order valence-corrected chi connectivity index (χ2v) is 10.2. The number of fused-ring (bicyclic) bond motifs is 6. The second kappa shape index (κ2) is 9.07. The average Bonchev–Trinajstić information content (AvgIpc) is 3.49. The van der Waals surface area contributed by atoms with Gasteiger partial charge in [-0.3, -0.25) is 4.79 Å². The van der Waals surface area contributed by atoms with Gasteiger partial charge in [0.2, 0.25) is 6.79 Å². The normalized spacial score (nSPS) is 21.4. The predicted octanol–water partition coefficient (Wildman–Crippen LogP) is 1.69. The van der Waals surface area contributed by atoms with Crippen LogP contribution in [0.25, 0.3) is 22.3 Å². The number of rotatable bonds is 7. The molecule has 0 aliphatic carbocycles. The number of nitrogens with one attached hydrogen (secondary N) is 2. The molecule has 5 heterocycles. The summed E-state index contributed by atoms with van der Waals surface area (Å²) in [5.41, 5.74) is 2.95. The number of nitrogens with zero attached hydrogens (tertiary/aromatic N) is 2. The van der Waals surface area contributed by atoms with Crippen molar-refractivity contribution >= 4 is 10.9 Å². The van der Waals surface area contributed by atoms with Crippen LogP contribution in [-0.4, -0.2) is 52.0 Å². The van der Waals surface area contributed by atoms with E-state index in [1.165, 1.54) is 0 Å². The van der Waals surface area contributed by atoms with Crippen molar-refractivity contribution in [3.05, 3.63) is 50.8 Å². The minimum absolute atomic E-state index is 0.0532. The summed E-state index contributed by atoms with van der Waals surface area (Å²) in [6.45, 7) is 8.67. The quantitative estimate of drug-likeness (QED) is 0.276. The first kappa shape index (κ1) is 24.3. The third kappa shape index (κ3) is 3.82. The Morgan fingerprint density at radius 1 is 1.19 bits per heavy atom. The van der Waals surface area contributed by atoms with Crippen LogP contribution in [0.1, 0.15) is 49.4 Å². The lowest BCUT2D eigenvalue weighted by Crippen LogP contribution is -2.47. The van der Waals surface area contributed by atoms with E-state index in [1.807, 2.05) is 12.1 Å². The number of ether oxygens (including phenoxy) is 3. The first-order valence-electron chi connectivity index (χ1n) is 12.8. The average molecular weight is 509 g/mol. The lowest BCUT2D eigenvalue weighted by molar-refractivity contribution is -0.236. The van der Waals surface area contributed by atoms with Gasteiger partial charge in [0.05, 0.1) is 30.1 Å². The number of aliphatic hydroxyl groups is 2. The molecule has 0 saturated heterocycles. The van der Waals surface area contributed by atoms with Crippen molar-refractivity contribution in [1.82, 2.24) is 20.2 Å². The van der Waals surface area contributed by atoms with Crippen molar-refractivity contribution in [1.29, 1.82) is 0 Å². The van der Waals surface area contributed by atoms with E-state index in [0.717, 1.165) is 35.1 Å². The van der Waals surface area contributed by atoms with Crippen LogP contribution in [-0.2, 0) is 30.0 Å². The van der Waals surface area contributed by atoms with Crippen molar-refractivity contribution in [2.24, 2.45) is 0 Å². The highest BCUT2D eigenvalue weighted by Gasteiger charge is 2.44. The summed E-state index contributed by atoms with van der Waals surface area (Å²) in [4.78, 5) is 18.6. The van der Waals surface area contributed by atoms with Crippen LogP contribution in [0.5, 0.6) is 11.5 Å². The maximum Gasteiger partial charge on any atom is 0.257 e. The molecule has 196 valence electrons. The fourth-order valence-corrected chi connectivity index (χ4v) is 5.53. The van der Waals surface area contributed by atoms with E-state index in [-0.39, 0.29) is 25.4 Å². The summed E-state index contributed by atoms with van der Waals surface area (Å²) >= 11 is 0. The molecule has 0 spiro atoms. The fraction of sp³-hybridized carbons (Fsp3) is 0.481. The van der Waals surface area contributed by atoms with E-state index in [2.05, 4.69) is 24.5 Å². The van der Waals surface area contributed by atoms with Crippen LogP contribution >= 0.6 is 0 Å². The Morgan fingerprint density at radius 3 is 2.73 bits per heavy atom. The van der Waals surface area contributed by atoms with Crippen molar-refractivity contribution in [2.45, 2.75) is 64.8 Å². The largest absolute Gasteiger partial charge is 0.454 e. The van der Waals surface area contributed by atoms with E-state index in [9.17, 15) is 15.0 Å². The molecule has 0 radical (unpaired) electrons. The molecule has 3 aliphatic rings. The molecule has 2 aromatic heterocycles. The van der Waals surface area contributed by atoms with Crippen molar-refractivity contribution in [3.63, 3.8) is 0 Å². The predicted molar refractivity (Wildman–Crippen MR) is 136 cm³/mol. The zero-order valence-electron chi connectivity index (χ0n) is 21.3. The standard InChI is InChI=1S/C27H32N4O6/c1-4-27(34)19-8-21-24-17(11-31(21)25(32)18(19)12-35-26(27)33)16(10-28-5-6-29-14(2)3)15-7-22-23(37-13-36-22)9-20(15)30-24/h7-9,14,26,28-29,33-34H,4-6,10-13H2,1-3H3/t26?,27-/m0/s1. The van der Waals surface area contributed by atoms with Crippen LogP contribution < -0.4 is 25.7 Å². The SMILES string of the molecule is CC[C@]1(O)c2cc3n(c(=O)c2COC1O)Cc1c-3nc2cc3c(cc2c1CNCCNC(C)C)OCO3. The molecule has 10 nitrogen and oxygen atoms in total. The summed E-state index contributed by atoms with van der Waals surface area (Å²) in [7, 11) is 0. The molecule has 4 N–H and O–H groups in total. The Bertz CT molecular complexity index is 1450. The van der Waals surface area contributed by atoms with Crippen LogP contribution in [0.3, 0.4) is 0 Å². The number of aliphatic hydroxyl groups excluding tert-OH is 1. The summed E-state index contributed by atoms with van der Waals surface area (Å²) in [5, 5.41) is 29.6. The van der Waals surface area contributed by atoms with Gasteiger partial charge in [-0.1, -0.05) is 20.8 Å². The zero-order chi connectivity index (χ0) is 25.9. The minimum Gasteiger partial charge on any atom is -0.454 e. The van der Waals surface area contributed by atoms with E-state index < -0.39 is 11.9 Å². The molecular formula is C27H32N4O6. The van der Waals surface area contributed by atoms with Gasteiger partial charge < -0.3 is 39.6 Å². The first-order chi connectivity index (χ1) is 17.8. The van der Waals surface area contributed by atoms with Crippen LogP contribution in [0, 0.1) is 0 Å². The lowest BCUT2D eigenvalue weighted by Gasteiger charge is -2.37. The summed E-state index contributed by atoms with van der Waals surface area (Å²) in [6, 6.07) is 6.05. The molecule has 0 fully saturated rings. The Kier molecular flexibility index (Phi) is 5.96. The van der Waals surface area contributed by atoms with Crippen LogP contribution in [0.4, 0.5) is 0 Å². The number of aromatic nitrogens is 2. The van der Waals surface area contributed by atoms with Gasteiger partial charge in [0.15, 0.2) is 17.8 Å². The number of hydrogen-bond acceptors (Lipinski definition) is 9. The van der Waals surface area contributed by atoms with Crippen LogP contribution in [0.15, 0.2) is 23.0 Å². The van der Waals surface area contributed by atoms with Gasteiger partial charge in [0.1, 0.15) is 5.60 Å². The third-order valence-corrected chi connectivity index (χ3v) is 7.61. The van der Waals surface area contributed by atoms with Crippen LogP contribution in [0.2, 0.25) is 0 Å². The Morgan fingerprint density at radius 2 is 1.97 bits per heavy atom. The highest BCUT2D eigenvalue weighted by Crippen LogP contribution is 2.43. The van der Waals surface area contributed by atoms with Crippen molar-refractivity contribution < 1.29 is 24.4 Å². The number of benzene rings is 1. The Hall–Kier alpha value is -3.02. The maximum atomic E-state index is 13.6. The topological polar surface area (TPSA) is 127 Å². The van der Waals surface area contributed by atoms with Gasteiger partial charge in [-0.15, -0.1) is 0 Å². The molecule has 0 bridgehead atoms. The first-order valence-corrected chi connectivity index (χ1v) is 12.8. The fourth-order valence-electron chi connectivity index (χ4n) is 5.53. The maximum absolute atomic E-state index is 13.6. The van der Waals surface area contributed by atoms with Crippen molar-refractivity contribution in [3.8, 4) is 22.9 Å². The Balaban J connectivity index is 1.49. The molecule has 3 aromatic rings. The molecule has 2 atom stereocenters. The third-order valence-electron chi connectivity index (χ3n) is 7.61. The molecule has 1 aromatic carbocycles.